The van der Waals surface area contributed by atoms with Crippen LogP contribution >= 0.6 is 15.9 Å². The van der Waals surface area contributed by atoms with Crippen molar-refractivity contribution >= 4 is 21.8 Å². The van der Waals surface area contributed by atoms with E-state index < -0.39 is 0 Å². The second-order valence-electron chi connectivity index (χ2n) is 3.84. The van der Waals surface area contributed by atoms with Gasteiger partial charge in [-0.1, -0.05) is 28.1 Å². The van der Waals surface area contributed by atoms with Crippen molar-refractivity contribution in [1.82, 2.24) is 15.3 Å². The molecular formula is C13H12BrN3O. The van der Waals surface area contributed by atoms with Gasteiger partial charge in [0.15, 0.2) is 0 Å². The van der Waals surface area contributed by atoms with Gasteiger partial charge < -0.3 is 5.32 Å². The number of carbonyl (C=O) groups excluding carboxylic acids is 1. The molecule has 1 amide bonds. The van der Waals surface area contributed by atoms with Crippen molar-refractivity contribution in [3.8, 4) is 0 Å². The highest BCUT2D eigenvalue weighted by Crippen LogP contribution is 2.16. The predicted octanol–water partition coefficient (Wildman–Crippen LogP) is 2.73. The smallest absolute Gasteiger partial charge is 0.271 e. The first-order chi connectivity index (χ1) is 8.66. The number of aromatic nitrogens is 2. The number of benzene rings is 1. The van der Waals surface area contributed by atoms with E-state index in [1.54, 1.807) is 0 Å². The minimum atomic E-state index is -0.224. The van der Waals surface area contributed by atoms with Gasteiger partial charge in [0.2, 0.25) is 0 Å². The maximum absolute atomic E-state index is 11.9. The third-order valence-corrected chi connectivity index (χ3v) is 3.04. The molecule has 0 aliphatic heterocycles. The van der Waals surface area contributed by atoms with Crippen LogP contribution in [0.3, 0.4) is 0 Å². The van der Waals surface area contributed by atoms with Gasteiger partial charge in [0, 0.05) is 16.9 Å². The summed E-state index contributed by atoms with van der Waals surface area (Å²) < 4.78 is 1.01. The number of rotatable bonds is 3. The predicted molar refractivity (Wildman–Crippen MR) is 72.1 cm³/mol. The minimum absolute atomic E-state index is 0.0763. The first kappa shape index (κ1) is 12.7. The standard InChI is InChI=1S/C13H12BrN3O/c1-9(10-2-4-11(14)5-3-10)17-13(18)12-8-15-6-7-16-12/h2-9H,1H3,(H,17,18). The van der Waals surface area contributed by atoms with Gasteiger partial charge in [-0.15, -0.1) is 0 Å². The molecule has 2 rings (SSSR count). The molecule has 1 aromatic carbocycles. The zero-order chi connectivity index (χ0) is 13.0. The Bertz CT molecular complexity index is 528. The summed E-state index contributed by atoms with van der Waals surface area (Å²) in [6.07, 6.45) is 4.48. The molecule has 0 fully saturated rings. The molecule has 0 spiro atoms. The van der Waals surface area contributed by atoms with Gasteiger partial charge >= 0.3 is 0 Å². The Kier molecular flexibility index (Phi) is 4.04. The van der Waals surface area contributed by atoms with Crippen LogP contribution in [0, 0.1) is 0 Å². The van der Waals surface area contributed by atoms with Crippen molar-refractivity contribution in [2.75, 3.05) is 0 Å². The maximum atomic E-state index is 11.9. The number of nitrogens with one attached hydrogen (secondary N) is 1. The Morgan fingerprint density at radius 2 is 2.00 bits per heavy atom. The van der Waals surface area contributed by atoms with E-state index >= 15 is 0 Å². The average molecular weight is 306 g/mol. The van der Waals surface area contributed by atoms with Crippen LogP contribution in [-0.2, 0) is 0 Å². The fourth-order valence-corrected chi connectivity index (χ4v) is 1.79. The molecule has 0 radical (unpaired) electrons. The Morgan fingerprint density at radius 3 is 2.61 bits per heavy atom. The van der Waals surface area contributed by atoms with Crippen molar-refractivity contribution in [2.24, 2.45) is 0 Å². The van der Waals surface area contributed by atoms with E-state index in [2.05, 4.69) is 31.2 Å². The average Bonchev–Trinajstić information content (AvgIpc) is 2.40. The molecule has 1 atom stereocenters. The normalized spacial score (nSPS) is 11.9. The van der Waals surface area contributed by atoms with Crippen molar-refractivity contribution in [1.29, 1.82) is 0 Å². The summed E-state index contributed by atoms with van der Waals surface area (Å²) in [5.74, 6) is -0.224. The number of hydrogen-bond acceptors (Lipinski definition) is 3. The summed E-state index contributed by atoms with van der Waals surface area (Å²) in [5.41, 5.74) is 1.36. The van der Waals surface area contributed by atoms with Crippen LogP contribution < -0.4 is 5.32 Å². The SMILES string of the molecule is CC(NC(=O)c1cnccn1)c1ccc(Br)cc1. The third-order valence-electron chi connectivity index (χ3n) is 2.51. The lowest BCUT2D eigenvalue weighted by Gasteiger charge is -2.13. The van der Waals surface area contributed by atoms with Gasteiger partial charge in [-0.2, -0.15) is 0 Å². The van der Waals surface area contributed by atoms with Gasteiger partial charge in [-0.25, -0.2) is 4.98 Å². The van der Waals surface area contributed by atoms with Crippen LogP contribution in [0.5, 0.6) is 0 Å². The molecule has 1 unspecified atom stereocenters. The molecule has 0 saturated carbocycles. The zero-order valence-corrected chi connectivity index (χ0v) is 11.4. The van der Waals surface area contributed by atoms with Crippen molar-refractivity contribution in [2.45, 2.75) is 13.0 Å². The van der Waals surface area contributed by atoms with E-state index in [-0.39, 0.29) is 11.9 Å². The topological polar surface area (TPSA) is 54.9 Å². The van der Waals surface area contributed by atoms with Crippen LogP contribution in [0.4, 0.5) is 0 Å². The van der Waals surface area contributed by atoms with E-state index in [0.717, 1.165) is 10.0 Å². The summed E-state index contributed by atoms with van der Waals surface area (Å²) in [4.78, 5) is 19.7. The summed E-state index contributed by atoms with van der Waals surface area (Å²) >= 11 is 3.38. The summed E-state index contributed by atoms with van der Waals surface area (Å²) in [7, 11) is 0. The van der Waals surface area contributed by atoms with Crippen molar-refractivity contribution < 1.29 is 4.79 Å². The highest BCUT2D eigenvalue weighted by atomic mass is 79.9. The highest BCUT2D eigenvalue weighted by Gasteiger charge is 2.12. The van der Waals surface area contributed by atoms with E-state index in [0.29, 0.717) is 5.69 Å². The summed E-state index contributed by atoms with van der Waals surface area (Å²) in [6, 6.07) is 7.74. The molecule has 0 aliphatic carbocycles. The van der Waals surface area contributed by atoms with Crippen LogP contribution in [0.25, 0.3) is 0 Å². The van der Waals surface area contributed by atoms with Gasteiger partial charge in [0.1, 0.15) is 5.69 Å². The van der Waals surface area contributed by atoms with Gasteiger partial charge in [0.05, 0.1) is 12.2 Å². The van der Waals surface area contributed by atoms with E-state index in [1.807, 2.05) is 31.2 Å². The molecule has 0 saturated heterocycles. The number of halogens is 1. The summed E-state index contributed by atoms with van der Waals surface area (Å²) in [6.45, 7) is 1.93. The molecule has 1 N–H and O–H groups in total. The molecule has 92 valence electrons. The highest BCUT2D eigenvalue weighted by molar-refractivity contribution is 9.10. The van der Waals surface area contributed by atoms with Crippen molar-refractivity contribution in [3.63, 3.8) is 0 Å². The van der Waals surface area contributed by atoms with Crippen molar-refractivity contribution in [3.05, 3.63) is 58.6 Å². The maximum Gasteiger partial charge on any atom is 0.271 e. The molecular weight excluding hydrogens is 294 g/mol. The third kappa shape index (κ3) is 3.13. The Morgan fingerprint density at radius 1 is 1.28 bits per heavy atom. The lowest BCUT2D eigenvalue weighted by atomic mass is 10.1. The fraction of sp³-hybridized carbons (Fsp3) is 0.154. The lowest BCUT2D eigenvalue weighted by Crippen LogP contribution is -2.27. The fourth-order valence-electron chi connectivity index (χ4n) is 1.52. The Labute approximate surface area is 114 Å². The molecule has 5 heteroatoms. The van der Waals surface area contributed by atoms with Gasteiger partial charge in [-0.3, -0.25) is 9.78 Å². The molecule has 2 aromatic rings. The van der Waals surface area contributed by atoms with Crippen LogP contribution in [0.15, 0.2) is 47.3 Å². The van der Waals surface area contributed by atoms with Gasteiger partial charge in [-0.05, 0) is 24.6 Å². The molecule has 18 heavy (non-hydrogen) atoms. The largest absolute Gasteiger partial charge is 0.344 e. The number of carbonyl (C=O) groups is 1. The molecule has 0 bridgehead atoms. The number of amides is 1. The first-order valence-electron chi connectivity index (χ1n) is 5.49. The van der Waals surface area contributed by atoms with E-state index in [4.69, 9.17) is 0 Å². The zero-order valence-electron chi connectivity index (χ0n) is 9.80. The second-order valence-corrected chi connectivity index (χ2v) is 4.75. The Hall–Kier alpha value is -1.75. The Balaban J connectivity index is 2.06. The minimum Gasteiger partial charge on any atom is -0.344 e. The molecule has 1 aromatic heterocycles. The molecule has 4 nitrogen and oxygen atoms in total. The second kappa shape index (κ2) is 5.73. The van der Waals surface area contributed by atoms with E-state index in [9.17, 15) is 4.79 Å². The van der Waals surface area contributed by atoms with E-state index in [1.165, 1.54) is 18.6 Å². The van der Waals surface area contributed by atoms with Crippen LogP contribution in [-0.4, -0.2) is 15.9 Å². The lowest BCUT2D eigenvalue weighted by molar-refractivity contribution is 0.0934. The quantitative estimate of drug-likeness (QED) is 0.948. The first-order valence-corrected chi connectivity index (χ1v) is 6.28. The van der Waals surface area contributed by atoms with Crippen LogP contribution in [0.1, 0.15) is 29.0 Å². The number of hydrogen-bond donors (Lipinski definition) is 1. The monoisotopic (exact) mass is 305 g/mol. The van der Waals surface area contributed by atoms with Crippen LogP contribution in [0.2, 0.25) is 0 Å². The molecule has 0 aliphatic rings. The molecule has 1 heterocycles. The number of nitrogens with zero attached hydrogens (tertiary/aromatic N) is 2. The summed E-state index contributed by atoms with van der Waals surface area (Å²) in [5, 5.41) is 2.88. The van der Waals surface area contributed by atoms with Gasteiger partial charge in [0.25, 0.3) is 5.91 Å².